The van der Waals surface area contributed by atoms with E-state index in [4.69, 9.17) is 0 Å². The molecule has 0 aromatic heterocycles. The van der Waals surface area contributed by atoms with Crippen molar-refractivity contribution in [2.24, 2.45) is 5.92 Å². The molecule has 0 aromatic carbocycles. The largest absolute Gasteiger partial charge is 0.273 e. The Bertz CT molecular complexity index is 382. The van der Waals surface area contributed by atoms with Crippen LogP contribution in [-0.2, 0) is 14.8 Å². The average molecular weight is 201 g/mol. The Morgan fingerprint density at radius 3 is 2.85 bits per heavy atom. The van der Waals surface area contributed by atoms with E-state index in [1.807, 2.05) is 0 Å². The molecule has 0 spiro atoms. The van der Waals surface area contributed by atoms with Gasteiger partial charge in [-0.25, -0.2) is 12.7 Å². The summed E-state index contributed by atoms with van der Waals surface area (Å²) in [7, 11) is -2.10. The number of sulfonamides is 1. The van der Waals surface area contributed by atoms with E-state index in [-0.39, 0.29) is 11.8 Å². The Kier molecular flexibility index (Phi) is 1.73. The molecule has 1 heterocycles. The van der Waals surface area contributed by atoms with E-state index in [2.05, 4.69) is 0 Å². The van der Waals surface area contributed by atoms with Crippen molar-refractivity contribution in [2.45, 2.75) is 19.3 Å². The van der Waals surface area contributed by atoms with Crippen LogP contribution < -0.4 is 0 Å². The lowest BCUT2D eigenvalue weighted by atomic mass is 9.95. The normalized spacial score (nSPS) is 31.5. The van der Waals surface area contributed by atoms with Crippen LogP contribution in [-0.4, -0.2) is 25.7 Å². The maximum atomic E-state index is 11.6. The molecule has 0 radical (unpaired) electrons. The van der Waals surface area contributed by atoms with Crippen LogP contribution >= 0.6 is 0 Å². The lowest BCUT2D eigenvalue weighted by Gasteiger charge is -2.11. The number of hydrogen-bond donors (Lipinski definition) is 0. The first-order valence-electron chi connectivity index (χ1n) is 4.28. The predicted octanol–water partition coefficient (Wildman–Crippen LogP) is 0.472. The first kappa shape index (κ1) is 8.74. The number of fused-ring (bicyclic) bond motifs is 1. The Labute approximate surface area is 77.3 Å². The molecule has 0 aromatic rings. The summed E-state index contributed by atoms with van der Waals surface area (Å²) in [6.45, 7) is 0. The summed E-state index contributed by atoms with van der Waals surface area (Å²) in [5, 5.41) is 0. The van der Waals surface area contributed by atoms with E-state index in [1.54, 1.807) is 6.08 Å². The Morgan fingerprint density at radius 2 is 2.23 bits per heavy atom. The van der Waals surface area contributed by atoms with Crippen LogP contribution in [0.15, 0.2) is 11.0 Å². The number of carbonyl (C=O) groups is 1. The third kappa shape index (κ3) is 1.03. The zero-order valence-corrected chi connectivity index (χ0v) is 8.17. The third-order valence-electron chi connectivity index (χ3n) is 2.65. The second-order valence-corrected chi connectivity index (χ2v) is 5.37. The predicted molar refractivity (Wildman–Crippen MR) is 47.1 cm³/mol. The van der Waals surface area contributed by atoms with E-state index in [0.29, 0.717) is 11.3 Å². The highest BCUT2D eigenvalue weighted by Gasteiger charge is 2.46. The highest BCUT2D eigenvalue weighted by Crippen LogP contribution is 2.37. The molecule has 1 aliphatic heterocycles. The van der Waals surface area contributed by atoms with E-state index < -0.39 is 10.0 Å². The Morgan fingerprint density at radius 1 is 1.54 bits per heavy atom. The number of hydrogen-bond acceptors (Lipinski definition) is 3. The smallest absolute Gasteiger partial charge is 0.262 e. The minimum absolute atomic E-state index is 0.272. The van der Waals surface area contributed by atoms with Gasteiger partial charge < -0.3 is 0 Å². The van der Waals surface area contributed by atoms with Crippen molar-refractivity contribution in [3.63, 3.8) is 0 Å². The third-order valence-corrected chi connectivity index (χ3v) is 4.60. The number of allylic oxidation sites excluding steroid dienone is 1. The van der Waals surface area contributed by atoms with Crippen LogP contribution in [0.1, 0.15) is 19.3 Å². The zero-order chi connectivity index (χ0) is 9.64. The van der Waals surface area contributed by atoms with E-state index in [9.17, 15) is 13.2 Å². The first-order valence-corrected chi connectivity index (χ1v) is 5.72. The van der Waals surface area contributed by atoms with Crippen molar-refractivity contribution in [1.29, 1.82) is 0 Å². The first-order chi connectivity index (χ1) is 6.05. The zero-order valence-electron chi connectivity index (χ0n) is 7.36. The molecule has 1 amide bonds. The Balaban J connectivity index is 2.57. The molecule has 1 unspecified atom stereocenters. The van der Waals surface area contributed by atoms with Gasteiger partial charge in [-0.15, -0.1) is 0 Å². The van der Waals surface area contributed by atoms with Crippen LogP contribution in [0.5, 0.6) is 0 Å². The molecule has 1 saturated heterocycles. The van der Waals surface area contributed by atoms with Gasteiger partial charge in [-0.1, -0.05) is 6.08 Å². The van der Waals surface area contributed by atoms with Crippen LogP contribution in [0.3, 0.4) is 0 Å². The van der Waals surface area contributed by atoms with E-state index >= 15 is 0 Å². The fourth-order valence-corrected chi connectivity index (χ4v) is 3.46. The second kappa shape index (κ2) is 2.57. The highest BCUT2D eigenvalue weighted by molar-refractivity contribution is 7.94. The van der Waals surface area contributed by atoms with Crippen molar-refractivity contribution in [2.75, 3.05) is 7.05 Å². The van der Waals surface area contributed by atoms with Gasteiger partial charge in [0, 0.05) is 7.05 Å². The second-order valence-electron chi connectivity index (χ2n) is 3.40. The molecular formula is C8H11NO3S. The summed E-state index contributed by atoms with van der Waals surface area (Å²) in [4.78, 5) is 11.8. The molecular weight excluding hydrogens is 190 g/mol. The summed E-state index contributed by atoms with van der Waals surface area (Å²) in [6, 6.07) is 0. The van der Waals surface area contributed by atoms with Gasteiger partial charge in [-0.3, -0.25) is 4.79 Å². The number of rotatable bonds is 0. The van der Waals surface area contributed by atoms with Gasteiger partial charge in [0.05, 0.1) is 10.8 Å². The molecule has 0 saturated carbocycles. The standard InChI is InChI=1S/C8H11NO3S/c1-9-8(10)6-4-2-3-5-7(6)13(9,11)12/h5-6H,2-4H2,1H3. The van der Waals surface area contributed by atoms with Gasteiger partial charge in [-0.2, -0.15) is 0 Å². The number of amides is 1. The van der Waals surface area contributed by atoms with Gasteiger partial charge in [0.25, 0.3) is 10.0 Å². The average Bonchev–Trinajstić information content (AvgIpc) is 2.30. The molecule has 13 heavy (non-hydrogen) atoms. The number of nitrogens with zero attached hydrogens (tertiary/aromatic N) is 1. The van der Waals surface area contributed by atoms with Crippen LogP contribution in [0.25, 0.3) is 0 Å². The van der Waals surface area contributed by atoms with Crippen LogP contribution in [0.2, 0.25) is 0 Å². The number of carbonyl (C=O) groups excluding carboxylic acids is 1. The molecule has 1 fully saturated rings. The summed E-state index contributed by atoms with van der Waals surface area (Å²) < 4.78 is 24.0. The van der Waals surface area contributed by atoms with Gasteiger partial charge in [0.2, 0.25) is 5.91 Å². The molecule has 5 heteroatoms. The fourth-order valence-electron chi connectivity index (χ4n) is 1.88. The molecule has 72 valence electrons. The molecule has 0 N–H and O–H groups in total. The van der Waals surface area contributed by atoms with Gasteiger partial charge in [0.1, 0.15) is 0 Å². The fraction of sp³-hybridized carbons (Fsp3) is 0.625. The lowest BCUT2D eigenvalue weighted by Crippen LogP contribution is -2.25. The topological polar surface area (TPSA) is 54.5 Å². The van der Waals surface area contributed by atoms with Crippen molar-refractivity contribution in [3.05, 3.63) is 11.0 Å². The molecule has 0 bridgehead atoms. The Hall–Kier alpha value is -0.840. The van der Waals surface area contributed by atoms with Crippen LogP contribution in [0, 0.1) is 5.92 Å². The summed E-state index contributed by atoms with van der Waals surface area (Å²) in [5.41, 5.74) is 0. The summed E-state index contributed by atoms with van der Waals surface area (Å²) in [5.74, 6) is -0.658. The summed E-state index contributed by atoms with van der Waals surface area (Å²) in [6.07, 6.45) is 4.04. The molecule has 1 aliphatic carbocycles. The summed E-state index contributed by atoms with van der Waals surface area (Å²) >= 11 is 0. The quantitative estimate of drug-likeness (QED) is 0.572. The van der Waals surface area contributed by atoms with Crippen LogP contribution in [0.4, 0.5) is 0 Å². The molecule has 1 atom stereocenters. The molecule has 2 aliphatic rings. The maximum Gasteiger partial charge on any atom is 0.262 e. The van der Waals surface area contributed by atoms with Gasteiger partial charge in [-0.05, 0) is 19.3 Å². The SMILES string of the molecule is CN1C(=O)C2CCCC=C2S1(=O)=O. The van der Waals surface area contributed by atoms with Crippen molar-refractivity contribution < 1.29 is 13.2 Å². The van der Waals surface area contributed by atoms with Gasteiger partial charge in [0.15, 0.2) is 0 Å². The molecule has 4 nitrogen and oxygen atoms in total. The van der Waals surface area contributed by atoms with E-state index in [1.165, 1.54) is 7.05 Å². The van der Waals surface area contributed by atoms with Gasteiger partial charge >= 0.3 is 0 Å². The monoisotopic (exact) mass is 201 g/mol. The van der Waals surface area contributed by atoms with Crippen molar-refractivity contribution in [3.8, 4) is 0 Å². The molecule has 2 rings (SSSR count). The minimum atomic E-state index is -3.43. The lowest BCUT2D eigenvalue weighted by molar-refractivity contribution is -0.127. The minimum Gasteiger partial charge on any atom is -0.273 e. The maximum absolute atomic E-state index is 11.6. The van der Waals surface area contributed by atoms with Crippen molar-refractivity contribution >= 4 is 15.9 Å². The van der Waals surface area contributed by atoms with E-state index in [0.717, 1.165) is 17.1 Å². The van der Waals surface area contributed by atoms with Crippen molar-refractivity contribution in [1.82, 2.24) is 4.31 Å². The highest BCUT2D eigenvalue weighted by atomic mass is 32.2.